The molecule has 0 saturated carbocycles. The molecule has 1 atom stereocenters. The minimum atomic E-state index is -0.542. The molecule has 164 valence electrons. The Labute approximate surface area is 170 Å². The average Bonchev–Trinajstić information content (AvgIpc) is 2.47. The van der Waals surface area contributed by atoms with Crippen LogP contribution in [0.3, 0.4) is 0 Å². The standard InChI is InChI=1S/C20H41N5O3/c1-10-12-15(23-18(27)28-20(6,7)8)13-22-17(21-11-2)25(9)14-16(26)24-19(3,4)5/h15H,10-14H2,1-9H3,(H,21,22)(H,23,27)(H,24,26). The zero-order valence-electron chi connectivity index (χ0n) is 19.2. The van der Waals surface area contributed by atoms with Crippen molar-refractivity contribution in [2.45, 2.75) is 85.4 Å². The van der Waals surface area contributed by atoms with E-state index in [1.807, 2.05) is 55.5 Å². The van der Waals surface area contributed by atoms with Crippen molar-refractivity contribution in [2.75, 3.05) is 26.7 Å². The fourth-order valence-electron chi connectivity index (χ4n) is 2.45. The number of aliphatic imine (C=N–C) groups is 1. The van der Waals surface area contributed by atoms with Crippen molar-refractivity contribution in [2.24, 2.45) is 4.99 Å². The van der Waals surface area contributed by atoms with Gasteiger partial charge in [0.2, 0.25) is 5.91 Å². The molecule has 2 amide bonds. The third-order valence-electron chi connectivity index (χ3n) is 3.41. The predicted molar refractivity (Wildman–Crippen MR) is 115 cm³/mol. The summed E-state index contributed by atoms with van der Waals surface area (Å²) in [6.07, 6.45) is 1.26. The molecule has 8 heteroatoms. The number of hydrogen-bond acceptors (Lipinski definition) is 4. The quantitative estimate of drug-likeness (QED) is 0.431. The molecule has 0 aliphatic carbocycles. The van der Waals surface area contributed by atoms with E-state index in [4.69, 9.17) is 4.74 Å². The Hall–Kier alpha value is -1.99. The lowest BCUT2D eigenvalue weighted by molar-refractivity contribution is -0.122. The molecule has 1 unspecified atom stereocenters. The summed E-state index contributed by atoms with van der Waals surface area (Å²) >= 11 is 0. The Morgan fingerprint density at radius 1 is 1.11 bits per heavy atom. The number of carbonyl (C=O) groups is 2. The van der Waals surface area contributed by atoms with Crippen LogP contribution in [-0.2, 0) is 9.53 Å². The summed E-state index contributed by atoms with van der Waals surface area (Å²) in [5, 5.41) is 9.02. The first-order valence-corrected chi connectivity index (χ1v) is 10.1. The van der Waals surface area contributed by atoms with E-state index < -0.39 is 11.7 Å². The zero-order valence-corrected chi connectivity index (χ0v) is 19.2. The first kappa shape index (κ1) is 26.0. The van der Waals surface area contributed by atoms with Gasteiger partial charge >= 0.3 is 6.09 Å². The number of ether oxygens (including phenoxy) is 1. The molecule has 0 rings (SSSR count). The van der Waals surface area contributed by atoms with Gasteiger partial charge in [-0.1, -0.05) is 13.3 Å². The molecule has 0 aromatic rings. The maximum absolute atomic E-state index is 12.2. The summed E-state index contributed by atoms with van der Waals surface area (Å²) in [5.74, 6) is 0.552. The molecule has 0 aliphatic heterocycles. The third-order valence-corrected chi connectivity index (χ3v) is 3.41. The number of hydrogen-bond donors (Lipinski definition) is 3. The zero-order chi connectivity index (χ0) is 22.0. The minimum Gasteiger partial charge on any atom is -0.444 e. The number of amides is 2. The Bertz CT molecular complexity index is 521. The smallest absolute Gasteiger partial charge is 0.407 e. The van der Waals surface area contributed by atoms with E-state index in [1.54, 1.807) is 4.90 Å². The van der Waals surface area contributed by atoms with Gasteiger partial charge in [0.15, 0.2) is 5.96 Å². The second kappa shape index (κ2) is 11.8. The molecule has 0 spiro atoms. The number of likely N-dealkylation sites (N-methyl/N-ethyl adjacent to an activating group) is 1. The molecule has 0 aromatic heterocycles. The first-order chi connectivity index (χ1) is 12.8. The highest BCUT2D eigenvalue weighted by Gasteiger charge is 2.20. The highest BCUT2D eigenvalue weighted by molar-refractivity contribution is 5.86. The summed E-state index contributed by atoms with van der Waals surface area (Å²) in [7, 11) is 1.82. The molecule has 0 heterocycles. The fraction of sp³-hybridized carbons (Fsp3) is 0.850. The van der Waals surface area contributed by atoms with E-state index in [-0.39, 0.29) is 24.0 Å². The van der Waals surface area contributed by atoms with E-state index in [0.717, 1.165) is 12.8 Å². The number of rotatable bonds is 8. The minimum absolute atomic E-state index is 0.0717. The number of alkyl carbamates (subject to hydrolysis) is 1. The van der Waals surface area contributed by atoms with Crippen LogP contribution in [0.2, 0.25) is 0 Å². The van der Waals surface area contributed by atoms with Crippen molar-refractivity contribution in [1.82, 2.24) is 20.9 Å². The van der Waals surface area contributed by atoms with Crippen LogP contribution in [-0.4, -0.2) is 66.7 Å². The van der Waals surface area contributed by atoms with E-state index in [1.165, 1.54) is 0 Å². The second-order valence-corrected chi connectivity index (χ2v) is 8.98. The van der Waals surface area contributed by atoms with Crippen LogP contribution in [0.15, 0.2) is 4.99 Å². The predicted octanol–water partition coefficient (Wildman–Crippen LogP) is 2.49. The van der Waals surface area contributed by atoms with Gasteiger partial charge in [-0.2, -0.15) is 0 Å². The van der Waals surface area contributed by atoms with Gasteiger partial charge in [-0.15, -0.1) is 0 Å². The van der Waals surface area contributed by atoms with Crippen molar-refractivity contribution in [1.29, 1.82) is 0 Å². The fourth-order valence-corrected chi connectivity index (χ4v) is 2.45. The van der Waals surface area contributed by atoms with E-state index >= 15 is 0 Å². The summed E-state index contributed by atoms with van der Waals surface area (Å²) in [4.78, 5) is 30.6. The van der Waals surface area contributed by atoms with Crippen molar-refractivity contribution in [3.05, 3.63) is 0 Å². The van der Waals surface area contributed by atoms with Gasteiger partial charge in [-0.05, 0) is 54.9 Å². The summed E-state index contributed by atoms with van der Waals surface area (Å²) in [6, 6.07) is -0.134. The number of nitrogens with zero attached hydrogens (tertiary/aromatic N) is 2. The number of guanidine groups is 1. The highest BCUT2D eigenvalue weighted by atomic mass is 16.6. The van der Waals surface area contributed by atoms with E-state index in [9.17, 15) is 9.59 Å². The van der Waals surface area contributed by atoms with Crippen LogP contribution in [0.25, 0.3) is 0 Å². The molecule has 0 saturated heterocycles. The molecule has 0 aliphatic rings. The van der Waals surface area contributed by atoms with Crippen molar-refractivity contribution in [3.8, 4) is 0 Å². The summed E-state index contributed by atoms with van der Waals surface area (Å²) in [6.45, 7) is 16.7. The van der Waals surface area contributed by atoms with Crippen LogP contribution < -0.4 is 16.0 Å². The maximum atomic E-state index is 12.2. The van der Waals surface area contributed by atoms with E-state index in [0.29, 0.717) is 19.0 Å². The molecule has 28 heavy (non-hydrogen) atoms. The van der Waals surface area contributed by atoms with Crippen LogP contribution in [0.1, 0.15) is 68.2 Å². The second-order valence-electron chi connectivity index (χ2n) is 8.98. The van der Waals surface area contributed by atoms with Gasteiger partial charge in [0, 0.05) is 19.1 Å². The topological polar surface area (TPSA) is 95.1 Å². The van der Waals surface area contributed by atoms with Crippen LogP contribution >= 0.6 is 0 Å². The van der Waals surface area contributed by atoms with Crippen molar-refractivity contribution >= 4 is 18.0 Å². The molecule has 3 N–H and O–H groups in total. The molecular formula is C20H41N5O3. The normalized spacial score (nSPS) is 13.5. The third kappa shape index (κ3) is 13.2. The largest absolute Gasteiger partial charge is 0.444 e. The highest BCUT2D eigenvalue weighted by Crippen LogP contribution is 2.08. The van der Waals surface area contributed by atoms with Crippen LogP contribution in [0, 0.1) is 0 Å². The Morgan fingerprint density at radius 3 is 2.18 bits per heavy atom. The molecule has 8 nitrogen and oxygen atoms in total. The Kier molecular flexibility index (Phi) is 10.9. The molecule has 0 bridgehead atoms. The van der Waals surface area contributed by atoms with Gasteiger partial charge < -0.3 is 25.6 Å². The van der Waals surface area contributed by atoms with Crippen LogP contribution in [0.4, 0.5) is 4.79 Å². The Balaban J connectivity index is 5.00. The number of nitrogens with one attached hydrogen (secondary N) is 3. The number of carbonyl (C=O) groups excluding carboxylic acids is 2. The Morgan fingerprint density at radius 2 is 1.71 bits per heavy atom. The molecule has 0 fully saturated rings. The van der Waals surface area contributed by atoms with Crippen LogP contribution in [0.5, 0.6) is 0 Å². The van der Waals surface area contributed by atoms with E-state index in [2.05, 4.69) is 27.9 Å². The maximum Gasteiger partial charge on any atom is 0.407 e. The SMILES string of the molecule is CCCC(CN=C(NCC)N(C)CC(=O)NC(C)(C)C)NC(=O)OC(C)(C)C. The summed E-state index contributed by atoms with van der Waals surface area (Å²) < 4.78 is 5.34. The monoisotopic (exact) mass is 399 g/mol. The van der Waals surface area contributed by atoms with Gasteiger partial charge in [-0.3, -0.25) is 9.79 Å². The first-order valence-electron chi connectivity index (χ1n) is 10.1. The lowest BCUT2D eigenvalue weighted by atomic mass is 10.1. The summed E-state index contributed by atoms with van der Waals surface area (Å²) in [5.41, 5.74) is -0.823. The van der Waals surface area contributed by atoms with Crippen molar-refractivity contribution < 1.29 is 14.3 Å². The lowest BCUT2D eigenvalue weighted by Gasteiger charge is -2.26. The van der Waals surface area contributed by atoms with Gasteiger partial charge in [0.05, 0.1) is 19.1 Å². The molecular weight excluding hydrogens is 358 g/mol. The van der Waals surface area contributed by atoms with Gasteiger partial charge in [0.1, 0.15) is 5.60 Å². The van der Waals surface area contributed by atoms with Crippen molar-refractivity contribution in [3.63, 3.8) is 0 Å². The van der Waals surface area contributed by atoms with Gasteiger partial charge in [-0.25, -0.2) is 4.79 Å². The lowest BCUT2D eigenvalue weighted by Crippen LogP contribution is -2.49. The molecule has 0 aromatic carbocycles. The molecule has 0 radical (unpaired) electrons. The van der Waals surface area contributed by atoms with Gasteiger partial charge in [0.25, 0.3) is 0 Å². The average molecular weight is 400 g/mol.